The molecule has 0 aromatic carbocycles. The summed E-state index contributed by atoms with van der Waals surface area (Å²) in [6.45, 7) is 7.05. The Balaban J connectivity index is 2.76. The number of anilines is 2. The van der Waals surface area contributed by atoms with Crippen molar-refractivity contribution in [1.82, 2.24) is 9.97 Å². The molecule has 0 aliphatic rings. The Labute approximate surface area is 117 Å². The second-order valence-electron chi connectivity index (χ2n) is 4.95. The molecule has 1 heterocycles. The Bertz CT molecular complexity index is 419. The minimum Gasteiger partial charge on any atom is -0.370 e. The van der Waals surface area contributed by atoms with Gasteiger partial charge in [0.15, 0.2) is 5.69 Å². The summed E-state index contributed by atoms with van der Waals surface area (Å²) in [5, 5.41) is 5.63. The molecule has 0 aliphatic heterocycles. The van der Waals surface area contributed by atoms with Gasteiger partial charge in [-0.25, -0.2) is 4.98 Å². The van der Waals surface area contributed by atoms with Crippen LogP contribution in [-0.4, -0.2) is 23.1 Å². The summed E-state index contributed by atoms with van der Waals surface area (Å²) in [5.74, 6) is 0.769. The van der Waals surface area contributed by atoms with Gasteiger partial charge in [0.2, 0.25) is 5.95 Å². The van der Waals surface area contributed by atoms with E-state index in [1.807, 2.05) is 0 Å². The molecular formula is C13H21F3N4. The second-order valence-corrected chi connectivity index (χ2v) is 4.95. The molecule has 114 valence electrons. The molecule has 0 aliphatic carbocycles. The largest absolute Gasteiger partial charge is 0.433 e. The average Bonchev–Trinajstić information content (AvgIpc) is 2.33. The molecule has 0 spiro atoms. The van der Waals surface area contributed by atoms with Crippen LogP contribution in [0.5, 0.6) is 0 Å². The van der Waals surface area contributed by atoms with Gasteiger partial charge >= 0.3 is 6.18 Å². The maximum Gasteiger partial charge on any atom is 0.433 e. The fourth-order valence-electron chi connectivity index (χ4n) is 1.65. The van der Waals surface area contributed by atoms with E-state index in [4.69, 9.17) is 0 Å². The van der Waals surface area contributed by atoms with Crippen LogP contribution in [0.25, 0.3) is 0 Å². The lowest BCUT2D eigenvalue weighted by atomic mass is 10.1. The molecular weight excluding hydrogens is 269 g/mol. The molecule has 0 amide bonds. The first-order valence-electron chi connectivity index (χ1n) is 6.77. The van der Waals surface area contributed by atoms with Gasteiger partial charge in [0.25, 0.3) is 0 Å². The second kappa shape index (κ2) is 7.31. The van der Waals surface area contributed by atoms with E-state index in [9.17, 15) is 13.2 Å². The molecule has 0 bridgehead atoms. The Kier molecular flexibility index (Phi) is 6.04. The van der Waals surface area contributed by atoms with Gasteiger partial charge in [-0.05, 0) is 25.7 Å². The number of alkyl halides is 3. The molecule has 2 N–H and O–H groups in total. The molecule has 1 aromatic heterocycles. The number of hydrogen-bond donors (Lipinski definition) is 2. The lowest BCUT2D eigenvalue weighted by Gasteiger charge is -2.12. The smallest absolute Gasteiger partial charge is 0.370 e. The number of nitrogens with zero attached hydrogens (tertiary/aromatic N) is 2. The number of aromatic nitrogens is 2. The molecule has 0 saturated carbocycles. The molecule has 1 rings (SSSR count). The van der Waals surface area contributed by atoms with Gasteiger partial charge in [-0.15, -0.1) is 0 Å². The predicted molar refractivity (Wildman–Crippen MR) is 73.8 cm³/mol. The van der Waals surface area contributed by atoms with Crippen molar-refractivity contribution in [2.24, 2.45) is 5.92 Å². The molecule has 0 unspecified atom stereocenters. The summed E-state index contributed by atoms with van der Waals surface area (Å²) >= 11 is 0. The number of rotatable bonds is 7. The lowest BCUT2D eigenvalue weighted by molar-refractivity contribution is -0.141. The topological polar surface area (TPSA) is 49.8 Å². The van der Waals surface area contributed by atoms with Crippen molar-refractivity contribution in [3.8, 4) is 0 Å². The highest BCUT2D eigenvalue weighted by molar-refractivity contribution is 5.43. The van der Waals surface area contributed by atoms with Crippen molar-refractivity contribution in [2.75, 3.05) is 23.7 Å². The van der Waals surface area contributed by atoms with E-state index in [1.165, 1.54) is 0 Å². The summed E-state index contributed by atoms with van der Waals surface area (Å²) in [4.78, 5) is 7.48. The quantitative estimate of drug-likeness (QED) is 0.750. The van der Waals surface area contributed by atoms with E-state index >= 15 is 0 Å². The van der Waals surface area contributed by atoms with Crippen LogP contribution in [0.15, 0.2) is 6.07 Å². The minimum atomic E-state index is -4.47. The highest BCUT2D eigenvalue weighted by atomic mass is 19.4. The van der Waals surface area contributed by atoms with Crippen molar-refractivity contribution in [2.45, 2.75) is 39.8 Å². The Morgan fingerprint density at radius 1 is 1.20 bits per heavy atom. The normalized spacial score (nSPS) is 11.8. The molecule has 4 nitrogen and oxygen atoms in total. The SMILES string of the molecule is CCNc1nc(NCCCC(C)C)cc(C(F)(F)F)n1. The monoisotopic (exact) mass is 290 g/mol. The Morgan fingerprint density at radius 2 is 1.90 bits per heavy atom. The standard InChI is InChI=1S/C13H21F3N4/c1-4-17-12-19-10(13(14,15)16)8-11(20-12)18-7-5-6-9(2)3/h8-9H,4-7H2,1-3H3,(H2,17,18,19,20). The number of hydrogen-bond acceptors (Lipinski definition) is 4. The van der Waals surface area contributed by atoms with Gasteiger partial charge in [-0.3, -0.25) is 0 Å². The third-order valence-electron chi connectivity index (χ3n) is 2.62. The lowest BCUT2D eigenvalue weighted by Crippen LogP contribution is -2.14. The Morgan fingerprint density at radius 3 is 2.45 bits per heavy atom. The van der Waals surface area contributed by atoms with Crippen LogP contribution in [0.4, 0.5) is 24.9 Å². The van der Waals surface area contributed by atoms with E-state index in [-0.39, 0.29) is 11.8 Å². The predicted octanol–water partition coefficient (Wildman–Crippen LogP) is 3.78. The number of halogens is 3. The Hall–Kier alpha value is -1.53. The van der Waals surface area contributed by atoms with E-state index in [1.54, 1.807) is 6.92 Å². The average molecular weight is 290 g/mol. The maximum atomic E-state index is 12.7. The van der Waals surface area contributed by atoms with Gasteiger partial charge in [0.1, 0.15) is 5.82 Å². The molecule has 0 radical (unpaired) electrons. The van der Waals surface area contributed by atoms with E-state index < -0.39 is 11.9 Å². The summed E-state index contributed by atoms with van der Waals surface area (Å²) < 4.78 is 38.2. The first-order valence-corrected chi connectivity index (χ1v) is 6.77. The third kappa shape index (κ3) is 5.63. The first kappa shape index (κ1) is 16.5. The fourth-order valence-corrected chi connectivity index (χ4v) is 1.65. The summed E-state index contributed by atoms with van der Waals surface area (Å²) in [7, 11) is 0. The van der Waals surface area contributed by atoms with E-state index in [0.717, 1.165) is 18.9 Å². The van der Waals surface area contributed by atoms with Crippen molar-refractivity contribution >= 4 is 11.8 Å². The van der Waals surface area contributed by atoms with Crippen LogP contribution in [-0.2, 0) is 6.18 Å². The summed E-state index contributed by atoms with van der Waals surface area (Å²) in [6.07, 6.45) is -2.56. The van der Waals surface area contributed by atoms with Crippen LogP contribution in [0.1, 0.15) is 39.3 Å². The minimum absolute atomic E-state index is 0.00585. The molecule has 7 heteroatoms. The zero-order chi connectivity index (χ0) is 15.2. The number of nitrogens with one attached hydrogen (secondary N) is 2. The van der Waals surface area contributed by atoms with Crippen LogP contribution in [0.2, 0.25) is 0 Å². The highest BCUT2D eigenvalue weighted by Crippen LogP contribution is 2.29. The molecule has 20 heavy (non-hydrogen) atoms. The molecule has 0 atom stereocenters. The third-order valence-corrected chi connectivity index (χ3v) is 2.62. The van der Waals surface area contributed by atoms with Crippen LogP contribution in [0.3, 0.4) is 0 Å². The van der Waals surface area contributed by atoms with Gasteiger partial charge < -0.3 is 10.6 Å². The van der Waals surface area contributed by atoms with E-state index in [2.05, 4.69) is 34.4 Å². The van der Waals surface area contributed by atoms with Gasteiger partial charge in [0, 0.05) is 19.2 Å². The zero-order valence-corrected chi connectivity index (χ0v) is 12.0. The summed E-state index contributed by atoms with van der Waals surface area (Å²) in [5.41, 5.74) is -0.935. The molecule has 0 fully saturated rings. The van der Waals surface area contributed by atoms with Gasteiger partial charge in [0.05, 0.1) is 0 Å². The van der Waals surface area contributed by atoms with Crippen LogP contribution in [0, 0.1) is 5.92 Å². The van der Waals surface area contributed by atoms with Crippen molar-refractivity contribution in [1.29, 1.82) is 0 Å². The van der Waals surface area contributed by atoms with Crippen LogP contribution >= 0.6 is 0 Å². The molecule has 1 aromatic rings. The first-order chi connectivity index (χ1) is 9.32. The fraction of sp³-hybridized carbons (Fsp3) is 0.692. The van der Waals surface area contributed by atoms with Crippen molar-refractivity contribution in [3.63, 3.8) is 0 Å². The van der Waals surface area contributed by atoms with Crippen molar-refractivity contribution < 1.29 is 13.2 Å². The van der Waals surface area contributed by atoms with E-state index in [0.29, 0.717) is 19.0 Å². The maximum absolute atomic E-state index is 12.7. The highest BCUT2D eigenvalue weighted by Gasteiger charge is 2.33. The molecule has 0 saturated heterocycles. The summed E-state index contributed by atoms with van der Waals surface area (Å²) in [6, 6.07) is 0.941. The zero-order valence-electron chi connectivity index (χ0n) is 12.0. The van der Waals surface area contributed by atoms with Crippen LogP contribution < -0.4 is 10.6 Å². The van der Waals surface area contributed by atoms with Gasteiger partial charge in [-0.1, -0.05) is 13.8 Å². The van der Waals surface area contributed by atoms with Crippen molar-refractivity contribution in [3.05, 3.63) is 11.8 Å². The van der Waals surface area contributed by atoms with Gasteiger partial charge in [-0.2, -0.15) is 18.2 Å².